The topological polar surface area (TPSA) is 96.0 Å². The van der Waals surface area contributed by atoms with Gasteiger partial charge in [0.05, 0.1) is 23.6 Å². The molecule has 3 rings (SSSR count). The minimum absolute atomic E-state index is 0.0354. The first-order valence-electron chi connectivity index (χ1n) is 10.4. The Bertz CT molecular complexity index is 1130. The minimum atomic E-state index is -3.68. The highest BCUT2D eigenvalue weighted by Crippen LogP contribution is 2.31. The summed E-state index contributed by atoms with van der Waals surface area (Å²) in [6.07, 6.45) is 0.0791. The Labute approximate surface area is 189 Å². The van der Waals surface area contributed by atoms with Gasteiger partial charge in [0, 0.05) is 32.7 Å². The summed E-state index contributed by atoms with van der Waals surface area (Å²) < 4.78 is 31.3. The fourth-order valence-electron chi connectivity index (χ4n) is 3.58. The summed E-state index contributed by atoms with van der Waals surface area (Å²) in [5, 5.41) is 2.75. The van der Waals surface area contributed by atoms with Gasteiger partial charge in [0.1, 0.15) is 5.75 Å². The lowest BCUT2D eigenvalue weighted by Gasteiger charge is -2.19. The van der Waals surface area contributed by atoms with Crippen LogP contribution in [0, 0.1) is 5.92 Å². The largest absolute Gasteiger partial charge is 0.495 e. The van der Waals surface area contributed by atoms with Gasteiger partial charge in [-0.05, 0) is 41.8 Å². The third kappa shape index (κ3) is 4.78. The lowest BCUT2D eigenvalue weighted by atomic mass is 10.0. The number of ether oxygens (including phenoxy) is 1. The van der Waals surface area contributed by atoms with Crippen molar-refractivity contribution in [2.75, 3.05) is 38.0 Å². The van der Waals surface area contributed by atoms with Crippen LogP contribution in [-0.2, 0) is 19.6 Å². The standard InChI is InChI=1S/C23H29N3O5S/c1-15(2)16-7-6-8-18(11-16)26-14-17(12-22(26)27)23(28)24-20-13-19(9-10-21(20)31-5)32(29,30)25(3)4/h6-11,13,15,17H,12,14H2,1-5H3,(H,24,28). The molecule has 9 heteroatoms. The van der Waals surface area contributed by atoms with E-state index in [1.165, 1.54) is 39.4 Å². The Balaban J connectivity index is 1.81. The van der Waals surface area contributed by atoms with Crippen molar-refractivity contribution in [1.82, 2.24) is 4.31 Å². The predicted molar refractivity (Wildman–Crippen MR) is 123 cm³/mol. The first-order chi connectivity index (χ1) is 15.0. The van der Waals surface area contributed by atoms with Gasteiger partial charge in [-0.15, -0.1) is 0 Å². The fourth-order valence-corrected chi connectivity index (χ4v) is 4.50. The second kappa shape index (κ2) is 9.30. The molecule has 0 aliphatic carbocycles. The van der Waals surface area contributed by atoms with Crippen molar-refractivity contribution in [1.29, 1.82) is 0 Å². The minimum Gasteiger partial charge on any atom is -0.495 e. The molecular weight excluding hydrogens is 430 g/mol. The monoisotopic (exact) mass is 459 g/mol. The molecule has 1 N–H and O–H groups in total. The number of nitrogens with one attached hydrogen (secondary N) is 1. The number of amides is 2. The van der Waals surface area contributed by atoms with Gasteiger partial charge < -0.3 is 15.0 Å². The van der Waals surface area contributed by atoms with E-state index in [1.54, 1.807) is 4.90 Å². The Morgan fingerprint density at radius 3 is 2.53 bits per heavy atom. The Morgan fingerprint density at radius 2 is 1.91 bits per heavy atom. The van der Waals surface area contributed by atoms with E-state index in [9.17, 15) is 18.0 Å². The van der Waals surface area contributed by atoms with E-state index >= 15 is 0 Å². The molecule has 1 aliphatic heterocycles. The SMILES string of the molecule is COc1ccc(S(=O)(=O)N(C)C)cc1NC(=O)C1CC(=O)N(c2cccc(C(C)C)c2)C1. The average molecular weight is 460 g/mol. The van der Waals surface area contributed by atoms with E-state index in [2.05, 4.69) is 19.2 Å². The van der Waals surface area contributed by atoms with Crippen LogP contribution in [-0.4, -0.2) is 52.3 Å². The van der Waals surface area contributed by atoms with Gasteiger partial charge in [0.25, 0.3) is 0 Å². The van der Waals surface area contributed by atoms with E-state index in [0.29, 0.717) is 11.7 Å². The predicted octanol–water partition coefficient (Wildman–Crippen LogP) is 3.06. The molecule has 1 aliphatic rings. The summed E-state index contributed by atoms with van der Waals surface area (Å²) in [4.78, 5) is 27.3. The molecule has 1 heterocycles. The summed E-state index contributed by atoms with van der Waals surface area (Å²) >= 11 is 0. The quantitative estimate of drug-likeness (QED) is 0.687. The molecule has 2 aromatic rings. The molecule has 0 spiro atoms. The van der Waals surface area contributed by atoms with Crippen molar-refractivity contribution in [3.05, 3.63) is 48.0 Å². The Hall–Kier alpha value is -2.91. The lowest BCUT2D eigenvalue weighted by molar-refractivity contribution is -0.122. The molecule has 1 fully saturated rings. The maximum Gasteiger partial charge on any atom is 0.242 e. The van der Waals surface area contributed by atoms with Crippen molar-refractivity contribution in [2.24, 2.45) is 5.92 Å². The number of carbonyl (C=O) groups excluding carboxylic acids is 2. The Kier molecular flexibility index (Phi) is 6.90. The zero-order valence-electron chi connectivity index (χ0n) is 19.0. The molecule has 1 atom stereocenters. The maximum atomic E-state index is 13.0. The molecular formula is C23H29N3O5S. The average Bonchev–Trinajstić information content (AvgIpc) is 3.15. The number of anilines is 2. The molecule has 2 aromatic carbocycles. The summed E-state index contributed by atoms with van der Waals surface area (Å²) in [7, 11) is 0.629. The summed E-state index contributed by atoms with van der Waals surface area (Å²) in [5.41, 5.74) is 2.13. The summed E-state index contributed by atoms with van der Waals surface area (Å²) in [5.74, 6) is -0.392. The highest BCUT2D eigenvalue weighted by Gasteiger charge is 2.35. The van der Waals surface area contributed by atoms with Crippen LogP contribution in [0.2, 0.25) is 0 Å². The van der Waals surface area contributed by atoms with Crippen molar-refractivity contribution < 1.29 is 22.7 Å². The van der Waals surface area contributed by atoms with E-state index in [4.69, 9.17) is 4.74 Å². The van der Waals surface area contributed by atoms with E-state index in [-0.39, 0.29) is 35.4 Å². The molecule has 0 radical (unpaired) electrons. The van der Waals surface area contributed by atoms with Crippen LogP contribution in [0.5, 0.6) is 5.75 Å². The van der Waals surface area contributed by atoms with Gasteiger partial charge in [-0.2, -0.15) is 0 Å². The number of rotatable bonds is 7. The normalized spacial score (nSPS) is 16.7. The van der Waals surface area contributed by atoms with Crippen molar-refractivity contribution in [3.8, 4) is 5.75 Å². The van der Waals surface area contributed by atoms with Gasteiger partial charge in [0.15, 0.2) is 0 Å². The van der Waals surface area contributed by atoms with Gasteiger partial charge in [0.2, 0.25) is 21.8 Å². The third-order valence-corrected chi connectivity index (χ3v) is 7.36. The van der Waals surface area contributed by atoms with Crippen molar-refractivity contribution >= 4 is 33.2 Å². The zero-order valence-corrected chi connectivity index (χ0v) is 19.8. The molecule has 2 amide bonds. The maximum absolute atomic E-state index is 13.0. The number of hydrogen-bond acceptors (Lipinski definition) is 5. The van der Waals surface area contributed by atoms with Crippen LogP contribution >= 0.6 is 0 Å². The summed E-state index contributed by atoms with van der Waals surface area (Å²) in [6, 6.07) is 12.0. The van der Waals surface area contributed by atoms with E-state index in [1.807, 2.05) is 24.3 Å². The first kappa shape index (κ1) is 23.7. The smallest absolute Gasteiger partial charge is 0.242 e. The Morgan fingerprint density at radius 1 is 1.19 bits per heavy atom. The van der Waals surface area contributed by atoms with Crippen molar-refractivity contribution in [3.63, 3.8) is 0 Å². The van der Waals surface area contributed by atoms with E-state index < -0.39 is 15.9 Å². The van der Waals surface area contributed by atoms with Crippen molar-refractivity contribution in [2.45, 2.75) is 31.1 Å². The highest BCUT2D eigenvalue weighted by molar-refractivity contribution is 7.89. The van der Waals surface area contributed by atoms with Crippen LogP contribution in [0.3, 0.4) is 0 Å². The molecule has 0 aromatic heterocycles. The van der Waals surface area contributed by atoms with Gasteiger partial charge in [-0.25, -0.2) is 12.7 Å². The third-order valence-electron chi connectivity index (χ3n) is 5.55. The zero-order chi connectivity index (χ0) is 23.6. The fraction of sp³-hybridized carbons (Fsp3) is 0.391. The number of hydrogen-bond donors (Lipinski definition) is 1. The van der Waals surface area contributed by atoms with Gasteiger partial charge in [-0.1, -0.05) is 26.0 Å². The van der Waals surface area contributed by atoms with Crippen LogP contribution in [0.4, 0.5) is 11.4 Å². The molecule has 1 unspecified atom stereocenters. The number of carbonyl (C=O) groups is 2. The van der Waals surface area contributed by atoms with Crippen LogP contribution in [0.25, 0.3) is 0 Å². The first-order valence-corrected chi connectivity index (χ1v) is 11.8. The number of sulfonamides is 1. The van der Waals surface area contributed by atoms with E-state index in [0.717, 1.165) is 15.6 Å². The number of nitrogens with zero attached hydrogens (tertiary/aromatic N) is 2. The second-order valence-electron chi connectivity index (χ2n) is 8.29. The molecule has 32 heavy (non-hydrogen) atoms. The molecule has 172 valence electrons. The van der Waals surface area contributed by atoms with Gasteiger partial charge in [-0.3, -0.25) is 9.59 Å². The molecule has 1 saturated heterocycles. The number of methoxy groups -OCH3 is 1. The van der Waals surface area contributed by atoms with Crippen LogP contribution in [0.1, 0.15) is 31.7 Å². The van der Waals surface area contributed by atoms with Crippen LogP contribution < -0.4 is 15.0 Å². The molecule has 8 nitrogen and oxygen atoms in total. The highest BCUT2D eigenvalue weighted by atomic mass is 32.2. The second-order valence-corrected chi connectivity index (χ2v) is 10.4. The summed E-state index contributed by atoms with van der Waals surface area (Å²) in [6.45, 7) is 4.42. The lowest BCUT2D eigenvalue weighted by Crippen LogP contribution is -2.28. The number of benzene rings is 2. The van der Waals surface area contributed by atoms with Crippen LogP contribution in [0.15, 0.2) is 47.4 Å². The van der Waals surface area contributed by atoms with Gasteiger partial charge >= 0.3 is 0 Å². The molecule has 0 bridgehead atoms. The molecule has 0 saturated carbocycles.